The van der Waals surface area contributed by atoms with Crippen molar-refractivity contribution < 1.29 is 4.79 Å². The smallest absolute Gasteiger partial charge is 0.224 e. The lowest BCUT2D eigenvalue weighted by molar-refractivity contribution is -0.122. The number of aryl methyl sites for hydroxylation is 1. The third-order valence-corrected chi connectivity index (χ3v) is 4.41. The molecular weight excluding hydrogens is 332 g/mol. The Morgan fingerprint density at radius 3 is 2.90 bits per heavy atom. The van der Waals surface area contributed by atoms with Crippen molar-refractivity contribution in [3.8, 4) is 0 Å². The molecule has 0 saturated heterocycles. The molecular formula is C15H17BrN4O. The van der Waals surface area contributed by atoms with E-state index in [0.717, 1.165) is 23.3 Å². The Morgan fingerprint density at radius 1 is 1.43 bits per heavy atom. The first-order chi connectivity index (χ1) is 10.2. The van der Waals surface area contributed by atoms with Crippen LogP contribution in [0.5, 0.6) is 0 Å². The molecule has 0 bridgehead atoms. The number of carbonyl (C=O) groups excluding carboxylic acids is 1. The van der Waals surface area contributed by atoms with Crippen LogP contribution in [0, 0.1) is 5.92 Å². The lowest BCUT2D eigenvalue weighted by atomic mass is 10.1. The summed E-state index contributed by atoms with van der Waals surface area (Å²) in [5, 5.41) is 10.8. The standard InChI is InChI=1S/C15H17BrN4O/c1-2-20-9-18-19-14(20)8-17-15(21)13-7-12(13)10-3-5-11(16)6-4-10/h3-6,9,12-13H,2,7-8H2,1H3,(H,17,21)/t12-,13+/m0/s1. The molecule has 0 radical (unpaired) electrons. The molecule has 110 valence electrons. The minimum atomic E-state index is 0.0872. The van der Waals surface area contributed by atoms with E-state index in [1.807, 2.05) is 23.6 Å². The number of carbonyl (C=O) groups is 1. The van der Waals surface area contributed by atoms with Gasteiger partial charge in [0, 0.05) is 16.9 Å². The van der Waals surface area contributed by atoms with Gasteiger partial charge in [-0.3, -0.25) is 4.79 Å². The summed E-state index contributed by atoms with van der Waals surface area (Å²) < 4.78 is 2.99. The van der Waals surface area contributed by atoms with Gasteiger partial charge in [0.1, 0.15) is 6.33 Å². The number of hydrogen-bond acceptors (Lipinski definition) is 3. The minimum absolute atomic E-state index is 0.0872. The van der Waals surface area contributed by atoms with Crippen LogP contribution in [0.25, 0.3) is 0 Å². The van der Waals surface area contributed by atoms with E-state index in [9.17, 15) is 4.79 Å². The number of benzene rings is 1. The summed E-state index contributed by atoms with van der Waals surface area (Å²) in [5.74, 6) is 1.34. The number of hydrogen-bond donors (Lipinski definition) is 1. The average molecular weight is 349 g/mol. The summed E-state index contributed by atoms with van der Waals surface area (Å²) in [4.78, 5) is 12.2. The maximum Gasteiger partial charge on any atom is 0.224 e. The van der Waals surface area contributed by atoms with E-state index < -0.39 is 0 Å². The van der Waals surface area contributed by atoms with Gasteiger partial charge in [-0.05, 0) is 37.0 Å². The molecule has 0 unspecified atom stereocenters. The van der Waals surface area contributed by atoms with Crippen LogP contribution < -0.4 is 5.32 Å². The molecule has 1 N–H and O–H groups in total. The molecule has 2 aromatic rings. The first-order valence-corrected chi connectivity index (χ1v) is 7.88. The van der Waals surface area contributed by atoms with Gasteiger partial charge in [-0.1, -0.05) is 28.1 Å². The lowest BCUT2D eigenvalue weighted by Gasteiger charge is -2.06. The van der Waals surface area contributed by atoms with E-state index in [2.05, 4.69) is 43.6 Å². The highest BCUT2D eigenvalue weighted by Crippen LogP contribution is 2.47. The van der Waals surface area contributed by atoms with Gasteiger partial charge in [0.2, 0.25) is 5.91 Å². The Morgan fingerprint density at radius 2 is 2.19 bits per heavy atom. The van der Waals surface area contributed by atoms with Crippen molar-refractivity contribution in [1.82, 2.24) is 20.1 Å². The molecule has 3 rings (SSSR count). The summed E-state index contributed by atoms with van der Waals surface area (Å²) in [6, 6.07) is 8.20. The molecule has 1 saturated carbocycles. The molecule has 1 aliphatic carbocycles. The van der Waals surface area contributed by atoms with Gasteiger partial charge in [0.05, 0.1) is 6.54 Å². The van der Waals surface area contributed by atoms with Gasteiger partial charge in [-0.25, -0.2) is 0 Å². The molecule has 1 aliphatic rings. The van der Waals surface area contributed by atoms with E-state index >= 15 is 0 Å². The van der Waals surface area contributed by atoms with Gasteiger partial charge in [0.25, 0.3) is 0 Å². The summed E-state index contributed by atoms with van der Waals surface area (Å²) in [7, 11) is 0. The maximum absolute atomic E-state index is 12.2. The highest BCUT2D eigenvalue weighted by atomic mass is 79.9. The predicted molar refractivity (Wildman–Crippen MR) is 82.5 cm³/mol. The molecule has 0 aliphatic heterocycles. The van der Waals surface area contributed by atoms with Crippen LogP contribution >= 0.6 is 15.9 Å². The molecule has 5 nitrogen and oxygen atoms in total. The van der Waals surface area contributed by atoms with E-state index in [-0.39, 0.29) is 11.8 Å². The average Bonchev–Trinajstić information content (AvgIpc) is 3.16. The van der Waals surface area contributed by atoms with Crippen molar-refractivity contribution in [3.05, 3.63) is 46.5 Å². The minimum Gasteiger partial charge on any atom is -0.349 e. The van der Waals surface area contributed by atoms with Crippen LogP contribution in [0.4, 0.5) is 0 Å². The van der Waals surface area contributed by atoms with Crippen LogP contribution in [0.1, 0.15) is 30.7 Å². The van der Waals surface area contributed by atoms with Crippen LogP contribution in [0.3, 0.4) is 0 Å². The normalized spacial score (nSPS) is 20.3. The molecule has 1 aromatic heterocycles. The van der Waals surface area contributed by atoms with Crippen LogP contribution in [-0.2, 0) is 17.9 Å². The number of amides is 1. The van der Waals surface area contributed by atoms with Crippen molar-refractivity contribution in [3.63, 3.8) is 0 Å². The van der Waals surface area contributed by atoms with E-state index in [1.165, 1.54) is 5.56 Å². The zero-order valence-electron chi connectivity index (χ0n) is 11.8. The van der Waals surface area contributed by atoms with Crippen LogP contribution in [-0.4, -0.2) is 20.7 Å². The van der Waals surface area contributed by atoms with E-state index in [4.69, 9.17) is 0 Å². The molecule has 1 amide bonds. The van der Waals surface area contributed by atoms with E-state index in [0.29, 0.717) is 12.5 Å². The third-order valence-electron chi connectivity index (χ3n) is 3.88. The fourth-order valence-corrected chi connectivity index (χ4v) is 2.80. The molecule has 0 spiro atoms. The van der Waals surface area contributed by atoms with Gasteiger partial charge in [-0.15, -0.1) is 10.2 Å². The molecule has 1 heterocycles. The molecule has 1 aromatic carbocycles. The Kier molecular flexibility index (Phi) is 4.05. The summed E-state index contributed by atoms with van der Waals surface area (Å²) in [6.07, 6.45) is 2.61. The molecule has 6 heteroatoms. The zero-order chi connectivity index (χ0) is 14.8. The summed E-state index contributed by atoms with van der Waals surface area (Å²) in [6.45, 7) is 3.28. The van der Waals surface area contributed by atoms with Crippen molar-refractivity contribution >= 4 is 21.8 Å². The summed E-state index contributed by atoms with van der Waals surface area (Å²) >= 11 is 3.43. The van der Waals surface area contributed by atoms with E-state index in [1.54, 1.807) is 6.33 Å². The van der Waals surface area contributed by atoms with Crippen molar-refractivity contribution in [2.24, 2.45) is 5.92 Å². The second-order valence-corrected chi connectivity index (χ2v) is 6.17. The second-order valence-electron chi connectivity index (χ2n) is 5.25. The molecule has 1 fully saturated rings. The van der Waals surface area contributed by atoms with Gasteiger partial charge in [-0.2, -0.15) is 0 Å². The first-order valence-electron chi connectivity index (χ1n) is 7.09. The highest BCUT2D eigenvalue weighted by Gasteiger charge is 2.43. The molecule has 21 heavy (non-hydrogen) atoms. The molecule has 2 atom stereocenters. The van der Waals surface area contributed by atoms with Gasteiger partial charge < -0.3 is 9.88 Å². The Balaban J connectivity index is 1.55. The summed E-state index contributed by atoms with van der Waals surface area (Å²) in [5.41, 5.74) is 1.23. The second kappa shape index (κ2) is 5.97. The Bertz CT molecular complexity index is 637. The fourth-order valence-electron chi connectivity index (χ4n) is 2.54. The third kappa shape index (κ3) is 3.15. The number of halogens is 1. The lowest BCUT2D eigenvalue weighted by Crippen LogP contribution is -2.26. The number of nitrogens with zero attached hydrogens (tertiary/aromatic N) is 3. The number of rotatable bonds is 5. The fraction of sp³-hybridized carbons (Fsp3) is 0.400. The van der Waals surface area contributed by atoms with Gasteiger partial charge >= 0.3 is 0 Å². The van der Waals surface area contributed by atoms with Crippen LogP contribution in [0.2, 0.25) is 0 Å². The number of aromatic nitrogens is 3. The Hall–Kier alpha value is -1.69. The highest BCUT2D eigenvalue weighted by molar-refractivity contribution is 9.10. The largest absolute Gasteiger partial charge is 0.349 e. The SMILES string of the molecule is CCn1cnnc1CNC(=O)[C@@H]1C[C@H]1c1ccc(Br)cc1. The maximum atomic E-state index is 12.2. The first kappa shape index (κ1) is 14.3. The monoisotopic (exact) mass is 348 g/mol. The topological polar surface area (TPSA) is 59.8 Å². The zero-order valence-corrected chi connectivity index (χ0v) is 13.4. The van der Waals surface area contributed by atoms with Crippen LogP contribution in [0.15, 0.2) is 35.1 Å². The van der Waals surface area contributed by atoms with Crippen molar-refractivity contribution in [2.45, 2.75) is 32.4 Å². The van der Waals surface area contributed by atoms with Crippen molar-refractivity contribution in [1.29, 1.82) is 0 Å². The number of nitrogens with one attached hydrogen (secondary N) is 1. The quantitative estimate of drug-likeness (QED) is 0.902. The van der Waals surface area contributed by atoms with Gasteiger partial charge in [0.15, 0.2) is 5.82 Å². The van der Waals surface area contributed by atoms with Crippen molar-refractivity contribution in [2.75, 3.05) is 0 Å². The Labute approximate surface area is 131 Å². The predicted octanol–water partition coefficient (Wildman–Crippen LogP) is 2.48.